The zero-order valence-corrected chi connectivity index (χ0v) is 16.0. The van der Waals surface area contributed by atoms with Gasteiger partial charge in [0.05, 0.1) is 5.52 Å². The van der Waals surface area contributed by atoms with Crippen LogP contribution in [0, 0.1) is 5.82 Å². The summed E-state index contributed by atoms with van der Waals surface area (Å²) in [5, 5.41) is 8.41. The van der Waals surface area contributed by atoms with E-state index in [1.54, 1.807) is 6.20 Å². The minimum absolute atomic E-state index is 0.142. The van der Waals surface area contributed by atoms with Crippen LogP contribution in [0.4, 0.5) is 10.1 Å². The molecule has 0 unspecified atom stereocenters. The predicted molar refractivity (Wildman–Crippen MR) is 110 cm³/mol. The van der Waals surface area contributed by atoms with Gasteiger partial charge in [-0.3, -0.25) is 9.78 Å². The first-order chi connectivity index (χ1) is 13.6. The van der Waals surface area contributed by atoms with Gasteiger partial charge in [0.1, 0.15) is 5.82 Å². The first-order valence-corrected chi connectivity index (χ1v) is 9.83. The summed E-state index contributed by atoms with van der Waals surface area (Å²) in [6, 6.07) is 13.8. The number of nitrogens with zero attached hydrogens (tertiary/aromatic N) is 1. The van der Waals surface area contributed by atoms with E-state index < -0.39 is 0 Å². The van der Waals surface area contributed by atoms with Crippen molar-refractivity contribution >= 4 is 34.1 Å². The van der Waals surface area contributed by atoms with E-state index in [9.17, 15) is 9.18 Å². The van der Waals surface area contributed by atoms with E-state index in [2.05, 4.69) is 15.6 Å². The lowest BCUT2D eigenvalue weighted by molar-refractivity contribution is 0.0926. The summed E-state index contributed by atoms with van der Waals surface area (Å²) < 4.78 is 13.0. The fraction of sp³-hybridized carbons (Fsp3) is 0.273. The van der Waals surface area contributed by atoms with Gasteiger partial charge in [-0.1, -0.05) is 11.6 Å². The smallest absolute Gasteiger partial charge is 0.251 e. The Balaban J connectivity index is 1.34. The molecule has 1 aromatic heterocycles. The average Bonchev–Trinajstić information content (AvgIpc) is 2.70. The summed E-state index contributed by atoms with van der Waals surface area (Å²) in [6.45, 7) is 0. The SMILES string of the molecule is O=C(N[C@H]1CC[C@@H](Nc2ccnc3cc(Cl)ccc23)CC1)c1ccc(F)cc1. The van der Waals surface area contributed by atoms with Crippen LogP contribution in [-0.4, -0.2) is 23.0 Å². The minimum atomic E-state index is -0.339. The highest BCUT2D eigenvalue weighted by molar-refractivity contribution is 6.31. The molecule has 4 rings (SSSR count). The van der Waals surface area contributed by atoms with Crippen molar-refractivity contribution < 1.29 is 9.18 Å². The van der Waals surface area contributed by atoms with Crippen molar-refractivity contribution in [3.63, 3.8) is 0 Å². The van der Waals surface area contributed by atoms with Crippen molar-refractivity contribution in [3.8, 4) is 0 Å². The van der Waals surface area contributed by atoms with Gasteiger partial charge in [-0.15, -0.1) is 0 Å². The van der Waals surface area contributed by atoms with E-state index >= 15 is 0 Å². The van der Waals surface area contributed by atoms with E-state index in [0.717, 1.165) is 42.3 Å². The maximum Gasteiger partial charge on any atom is 0.251 e. The molecule has 1 aliphatic rings. The summed E-state index contributed by atoms with van der Waals surface area (Å²) in [6.07, 6.45) is 5.52. The molecule has 1 aliphatic carbocycles. The van der Waals surface area contributed by atoms with Gasteiger partial charge in [-0.25, -0.2) is 4.39 Å². The molecule has 6 heteroatoms. The standard InChI is InChI=1S/C22H21ClFN3O/c23-15-3-10-19-20(11-12-25-21(19)13-15)26-17-6-8-18(9-7-17)27-22(28)14-1-4-16(24)5-2-14/h1-5,10-13,17-18H,6-9H2,(H,25,26)(H,27,28)/t17-,18+. The van der Waals surface area contributed by atoms with Gasteiger partial charge in [0, 0.05) is 39.9 Å². The zero-order chi connectivity index (χ0) is 19.5. The van der Waals surface area contributed by atoms with E-state index in [4.69, 9.17) is 11.6 Å². The van der Waals surface area contributed by atoms with Crippen LogP contribution >= 0.6 is 11.6 Å². The molecule has 4 nitrogen and oxygen atoms in total. The first-order valence-electron chi connectivity index (χ1n) is 9.46. The third kappa shape index (κ3) is 4.25. The van der Waals surface area contributed by atoms with Crippen molar-refractivity contribution in [3.05, 3.63) is 71.1 Å². The maximum atomic E-state index is 13.0. The van der Waals surface area contributed by atoms with Crippen molar-refractivity contribution in [2.45, 2.75) is 37.8 Å². The Hall–Kier alpha value is -2.66. The number of aromatic nitrogens is 1. The predicted octanol–water partition coefficient (Wildman–Crippen LogP) is 5.18. The van der Waals surface area contributed by atoms with Gasteiger partial charge < -0.3 is 10.6 Å². The third-order valence-electron chi connectivity index (χ3n) is 5.23. The molecular formula is C22H21ClFN3O. The number of hydrogen-bond acceptors (Lipinski definition) is 3. The highest BCUT2D eigenvalue weighted by Gasteiger charge is 2.23. The van der Waals surface area contributed by atoms with Gasteiger partial charge in [-0.2, -0.15) is 0 Å². The fourth-order valence-electron chi connectivity index (χ4n) is 3.72. The molecule has 0 bridgehead atoms. The van der Waals surface area contributed by atoms with Gasteiger partial charge in [0.2, 0.25) is 0 Å². The summed E-state index contributed by atoms with van der Waals surface area (Å²) in [5.41, 5.74) is 2.42. The highest BCUT2D eigenvalue weighted by Crippen LogP contribution is 2.28. The molecule has 28 heavy (non-hydrogen) atoms. The number of nitrogens with one attached hydrogen (secondary N) is 2. The van der Waals surface area contributed by atoms with Crippen LogP contribution < -0.4 is 10.6 Å². The largest absolute Gasteiger partial charge is 0.382 e. The van der Waals surface area contributed by atoms with Gasteiger partial charge in [0.15, 0.2) is 0 Å². The molecular weight excluding hydrogens is 377 g/mol. The summed E-state index contributed by atoms with van der Waals surface area (Å²) in [5.74, 6) is -0.484. The highest BCUT2D eigenvalue weighted by atomic mass is 35.5. The molecule has 0 atom stereocenters. The number of halogens is 2. The quantitative estimate of drug-likeness (QED) is 0.637. The van der Waals surface area contributed by atoms with Crippen LogP contribution in [0.3, 0.4) is 0 Å². The number of rotatable bonds is 4. The second-order valence-corrected chi connectivity index (χ2v) is 7.63. The Morgan fingerprint density at radius 3 is 2.46 bits per heavy atom. The number of benzene rings is 2. The van der Waals surface area contributed by atoms with Crippen molar-refractivity contribution in [2.75, 3.05) is 5.32 Å². The summed E-state index contributed by atoms with van der Waals surface area (Å²) in [4.78, 5) is 16.7. The van der Waals surface area contributed by atoms with Crippen LogP contribution in [-0.2, 0) is 0 Å². The zero-order valence-electron chi connectivity index (χ0n) is 15.3. The van der Waals surface area contributed by atoms with Crippen LogP contribution in [0.2, 0.25) is 5.02 Å². The van der Waals surface area contributed by atoms with E-state index in [0.29, 0.717) is 16.6 Å². The number of amides is 1. The first kappa shape index (κ1) is 18.7. The molecule has 0 aliphatic heterocycles. The lowest BCUT2D eigenvalue weighted by atomic mass is 9.90. The summed E-state index contributed by atoms with van der Waals surface area (Å²) in [7, 11) is 0. The summed E-state index contributed by atoms with van der Waals surface area (Å²) >= 11 is 6.06. The molecule has 1 fully saturated rings. The molecule has 0 radical (unpaired) electrons. The molecule has 0 spiro atoms. The number of carbonyl (C=O) groups excluding carboxylic acids is 1. The second kappa shape index (κ2) is 8.15. The van der Waals surface area contributed by atoms with E-state index in [-0.39, 0.29) is 17.8 Å². The van der Waals surface area contributed by atoms with Gasteiger partial charge in [0.25, 0.3) is 5.91 Å². The molecule has 2 N–H and O–H groups in total. The average molecular weight is 398 g/mol. The topological polar surface area (TPSA) is 54.0 Å². The van der Waals surface area contributed by atoms with Crippen LogP contribution in [0.5, 0.6) is 0 Å². The van der Waals surface area contributed by atoms with Crippen molar-refractivity contribution in [1.82, 2.24) is 10.3 Å². The number of pyridine rings is 1. The Morgan fingerprint density at radius 1 is 1.00 bits per heavy atom. The Kier molecular flexibility index (Phi) is 5.44. The molecule has 1 heterocycles. The fourth-order valence-corrected chi connectivity index (χ4v) is 3.89. The number of hydrogen-bond donors (Lipinski definition) is 2. The van der Waals surface area contributed by atoms with Gasteiger partial charge >= 0.3 is 0 Å². The normalized spacial score (nSPS) is 19.4. The minimum Gasteiger partial charge on any atom is -0.382 e. The van der Waals surface area contributed by atoms with Crippen LogP contribution in [0.15, 0.2) is 54.7 Å². The molecule has 1 amide bonds. The number of carbonyl (C=O) groups is 1. The molecule has 0 saturated heterocycles. The van der Waals surface area contributed by atoms with Crippen LogP contribution in [0.25, 0.3) is 10.9 Å². The lowest BCUT2D eigenvalue weighted by Crippen LogP contribution is -2.40. The maximum absolute atomic E-state index is 13.0. The number of fused-ring (bicyclic) bond motifs is 1. The molecule has 144 valence electrons. The Morgan fingerprint density at radius 2 is 1.71 bits per heavy atom. The van der Waals surface area contributed by atoms with E-state index in [1.165, 1.54) is 24.3 Å². The van der Waals surface area contributed by atoms with Crippen molar-refractivity contribution in [2.24, 2.45) is 0 Å². The Labute approximate surface area is 168 Å². The second-order valence-electron chi connectivity index (χ2n) is 7.19. The Bertz CT molecular complexity index is 985. The molecule has 1 saturated carbocycles. The van der Waals surface area contributed by atoms with E-state index in [1.807, 2.05) is 24.3 Å². The molecule has 3 aromatic rings. The number of anilines is 1. The van der Waals surface area contributed by atoms with Crippen LogP contribution in [0.1, 0.15) is 36.0 Å². The monoisotopic (exact) mass is 397 g/mol. The molecule has 2 aromatic carbocycles. The third-order valence-corrected chi connectivity index (χ3v) is 5.47. The van der Waals surface area contributed by atoms with Crippen molar-refractivity contribution in [1.29, 1.82) is 0 Å². The lowest BCUT2D eigenvalue weighted by Gasteiger charge is -2.30. The van der Waals surface area contributed by atoms with Gasteiger partial charge in [-0.05, 0) is 74.2 Å².